The van der Waals surface area contributed by atoms with Crippen molar-refractivity contribution >= 4 is 0 Å². The van der Waals surface area contributed by atoms with E-state index in [-0.39, 0.29) is 6.10 Å². The molecule has 0 heterocycles. The second-order valence-corrected chi connectivity index (χ2v) is 3.76. The fourth-order valence-corrected chi connectivity index (χ4v) is 1.46. The molecule has 14 heavy (non-hydrogen) atoms. The van der Waals surface area contributed by atoms with Crippen LogP contribution < -0.4 is 5.32 Å². The van der Waals surface area contributed by atoms with Gasteiger partial charge in [-0.25, -0.2) is 0 Å². The van der Waals surface area contributed by atoms with Crippen molar-refractivity contribution in [2.75, 3.05) is 20.3 Å². The molecule has 0 bridgehead atoms. The molecule has 3 heteroatoms. The zero-order valence-electron chi connectivity index (χ0n) is 9.75. The summed E-state index contributed by atoms with van der Waals surface area (Å²) in [5.74, 6) is 0. The number of rotatable bonds is 9. The summed E-state index contributed by atoms with van der Waals surface area (Å²) >= 11 is 0. The van der Waals surface area contributed by atoms with E-state index in [1.807, 2.05) is 0 Å². The summed E-state index contributed by atoms with van der Waals surface area (Å²) < 4.78 is 4.86. The van der Waals surface area contributed by atoms with Gasteiger partial charge in [0.25, 0.3) is 0 Å². The maximum atomic E-state index is 9.43. The molecular formula is C11H25NO2. The predicted molar refractivity (Wildman–Crippen MR) is 59.5 cm³/mol. The fourth-order valence-electron chi connectivity index (χ4n) is 1.46. The lowest BCUT2D eigenvalue weighted by Crippen LogP contribution is -2.37. The Morgan fingerprint density at radius 2 is 2.07 bits per heavy atom. The second kappa shape index (κ2) is 9.44. The Kier molecular flexibility index (Phi) is 9.35. The van der Waals surface area contributed by atoms with Crippen molar-refractivity contribution in [2.24, 2.45) is 0 Å². The molecule has 0 fully saturated rings. The molecule has 3 nitrogen and oxygen atoms in total. The maximum Gasteiger partial charge on any atom is 0.0897 e. The first kappa shape index (κ1) is 13.9. The summed E-state index contributed by atoms with van der Waals surface area (Å²) in [5.41, 5.74) is 0. The Bertz CT molecular complexity index is 120. The fraction of sp³-hybridized carbons (Fsp3) is 1.00. The highest BCUT2D eigenvalue weighted by molar-refractivity contribution is 4.67. The molecule has 0 amide bonds. The number of ether oxygens (including phenoxy) is 1. The number of aliphatic hydroxyl groups excluding tert-OH is 1. The van der Waals surface area contributed by atoms with Gasteiger partial charge >= 0.3 is 0 Å². The molecule has 0 aromatic rings. The molecule has 2 atom stereocenters. The molecular weight excluding hydrogens is 178 g/mol. The van der Waals surface area contributed by atoms with E-state index in [4.69, 9.17) is 4.74 Å². The number of methoxy groups -OCH3 is 1. The summed E-state index contributed by atoms with van der Waals surface area (Å²) in [4.78, 5) is 0. The molecule has 0 aromatic heterocycles. The molecule has 0 aliphatic carbocycles. The minimum absolute atomic E-state index is 0.379. The highest BCUT2D eigenvalue weighted by atomic mass is 16.5. The third kappa shape index (κ3) is 7.30. The molecule has 2 unspecified atom stereocenters. The zero-order valence-corrected chi connectivity index (χ0v) is 9.75. The molecule has 0 aliphatic heterocycles. The molecule has 0 radical (unpaired) electrons. The number of nitrogens with one attached hydrogen (secondary N) is 1. The highest BCUT2D eigenvalue weighted by Crippen LogP contribution is 2.03. The van der Waals surface area contributed by atoms with Crippen LogP contribution in [0.3, 0.4) is 0 Å². The lowest BCUT2D eigenvalue weighted by atomic mass is 10.1. The normalized spacial score (nSPS) is 15.4. The van der Waals surface area contributed by atoms with Gasteiger partial charge < -0.3 is 15.2 Å². The van der Waals surface area contributed by atoms with Gasteiger partial charge in [0.2, 0.25) is 0 Å². The number of aliphatic hydroxyl groups is 1. The van der Waals surface area contributed by atoms with Gasteiger partial charge in [-0.2, -0.15) is 0 Å². The minimum atomic E-state index is -0.379. The van der Waals surface area contributed by atoms with Gasteiger partial charge in [-0.3, -0.25) is 0 Å². The summed E-state index contributed by atoms with van der Waals surface area (Å²) in [7, 11) is 1.61. The second-order valence-electron chi connectivity index (χ2n) is 3.76. The van der Waals surface area contributed by atoms with Crippen LogP contribution in [-0.4, -0.2) is 37.5 Å². The van der Waals surface area contributed by atoms with Crippen molar-refractivity contribution in [3.63, 3.8) is 0 Å². The first-order valence-electron chi connectivity index (χ1n) is 5.64. The van der Waals surface area contributed by atoms with Gasteiger partial charge in [0.1, 0.15) is 0 Å². The van der Waals surface area contributed by atoms with Crippen molar-refractivity contribution in [1.29, 1.82) is 0 Å². The van der Waals surface area contributed by atoms with Gasteiger partial charge in [0.05, 0.1) is 12.7 Å². The Hall–Kier alpha value is -0.120. The number of hydrogen-bond donors (Lipinski definition) is 2. The molecule has 0 aliphatic rings. The zero-order chi connectivity index (χ0) is 10.8. The lowest BCUT2D eigenvalue weighted by Gasteiger charge is -2.18. The van der Waals surface area contributed by atoms with Crippen molar-refractivity contribution in [2.45, 2.75) is 51.7 Å². The standard InChI is InChI=1S/C11H25NO2/c1-4-6-7-10(5-2)12-8-11(13)9-14-3/h10-13H,4-9H2,1-3H3. The molecule has 0 saturated heterocycles. The van der Waals surface area contributed by atoms with Gasteiger partial charge in [0.15, 0.2) is 0 Å². The van der Waals surface area contributed by atoms with Crippen molar-refractivity contribution in [3.8, 4) is 0 Å². The first-order chi connectivity index (χ1) is 6.74. The predicted octanol–water partition coefficient (Wildman–Crippen LogP) is 1.55. The van der Waals surface area contributed by atoms with E-state index in [0.717, 1.165) is 6.42 Å². The molecule has 0 saturated carbocycles. The van der Waals surface area contributed by atoms with Crippen molar-refractivity contribution in [1.82, 2.24) is 5.32 Å². The van der Waals surface area contributed by atoms with E-state index in [1.54, 1.807) is 7.11 Å². The van der Waals surface area contributed by atoms with Gasteiger partial charge in [-0.05, 0) is 12.8 Å². The van der Waals surface area contributed by atoms with E-state index < -0.39 is 0 Å². The largest absolute Gasteiger partial charge is 0.389 e. The van der Waals surface area contributed by atoms with Crippen molar-refractivity contribution in [3.05, 3.63) is 0 Å². The van der Waals surface area contributed by atoms with Crippen LogP contribution in [0.2, 0.25) is 0 Å². The Morgan fingerprint density at radius 3 is 2.57 bits per heavy atom. The summed E-state index contributed by atoms with van der Waals surface area (Å²) in [6.45, 7) is 5.43. The Morgan fingerprint density at radius 1 is 1.36 bits per heavy atom. The van der Waals surface area contributed by atoms with Crippen LogP contribution in [-0.2, 0) is 4.74 Å². The quantitative estimate of drug-likeness (QED) is 0.597. The molecule has 2 N–H and O–H groups in total. The summed E-state index contributed by atoms with van der Waals surface area (Å²) in [6, 6.07) is 0.543. The monoisotopic (exact) mass is 203 g/mol. The van der Waals surface area contributed by atoms with E-state index in [0.29, 0.717) is 19.2 Å². The van der Waals surface area contributed by atoms with Crippen LogP contribution in [0.4, 0.5) is 0 Å². The van der Waals surface area contributed by atoms with E-state index in [2.05, 4.69) is 19.2 Å². The van der Waals surface area contributed by atoms with E-state index in [1.165, 1.54) is 19.3 Å². The third-order valence-electron chi connectivity index (χ3n) is 2.40. The van der Waals surface area contributed by atoms with Gasteiger partial charge in [-0.15, -0.1) is 0 Å². The van der Waals surface area contributed by atoms with E-state index in [9.17, 15) is 5.11 Å². The third-order valence-corrected chi connectivity index (χ3v) is 2.40. The number of unbranched alkanes of at least 4 members (excludes halogenated alkanes) is 1. The van der Waals surface area contributed by atoms with Crippen LogP contribution in [0, 0.1) is 0 Å². The van der Waals surface area contributed by atoms with E-state index >= 15 is 0 Å². The molecule has 86 valence electrons. The maximum absolute atomic E-state index is 9.43. The smallest absolute Gasteiger partial charge is 0.0897 e. The van der Waals surface area contributed by atoms with Crippen LogP contribution >= 0.6 is 0 Å². The van der Waals surface area contributed by atoms with Crippen LogP contribution in [0.1, 0.15) is 39.5 Å². The number of hydrogen-bond acceptors (Lipinski definition) is 3. The molecule has 0 rings (SSSR count). The van der Waals surface area contributed by atoms with Crippen LogP contribution in [0.5, 0.6) is 0 Å². The highest BCUT2D eigenvalue weighted by Gasteiger charge is 2.08. The lowest BCUT2D eigenvalue weighted by molar-refractivity contribution is 0.0623. The van der Waals surface area contributed by atoms with Gasteiger partial charge in [0, 0.05) is 19.7 Å². The Balaban J connectivity index is 3.50. The first-order valence-corrected chi connectivity index (χ1v) is 5.64. The summed E-state index contributed by atoms with van der Waals surface area (Å²) in [6.07, 6.45) is 4.44. The van der Waals surface area contributed by atoms with Crippen molar-refractivity contribution < 1.29 is 9.84 Å². The van der Waals surface area contributed by atoms with Gasteiger partial charge in [-0.1, -0.05) is 26.7 Å². The topological polar surface area (TPSA) is 41.5 Å². The van der Waals surface area contributed by atoms with Crippen LogP contribution in [0.25, 0.3) is 0 Å². The molecule has 0 aromatic carbocycles. The minimum Gasteiger partial charge on any atom is -0.389 e. The average molecular weight is 203 g/mol. The average Bonchev–Trinajstić information content (AvgIpc) is 2.19. The molecule has 0 spiro atoms. The van der Waals surface area contributed by atoms with Crippen LogP contribution in [0.15, 0.2) is 0 Å². The summed E-state index contributed by atoms with van der Waals surface area (Å²) in [5, 5.41) is 12.8. The SMILES string of the molecule is CCCCC(CC)NCC(O)COC. The Labute approximate surface area is 87.8 Å².